The SMILES string of the molecule is CCc1c(C(=O)NCc2ccc(C)cn2)nn(C(C)(C)C)c1Oc1cncc(C(C)O)c1C(F)(F)F. The van der Waals surface area contributed by atoms with Crippen LogP contribution in [0.25, 0.3) is 0 Å². The number of halogens is 3. The van der Waals surface area contributed by atoms with Gasteiger partial charge in [0.25, 0.3) is 5.91 Å². The molecule has 8 nitrogen and oxygen atoms in total. The molecule has 0 fully saturated rings. The fraction of sp³-hybridized carbons (Fsp3) is 0.440. The summed E-state index contributed by atoms with van der Waals surface area (Å²) < 4.78 is 49.2. The molecule has 36 heavy (non-hydrogen) atoms. The zero-order chi connectivity index (χ0) is 26.8. The summed E-state index contributed by atoms with van der Waals surface area (Å²) in [6, 6.07) is 3.67. The maximum Gasteiger partial charge on any atom is 0.420 e. The van der Waals surface area contributed by atoms with Gasteiger partial charge in [-0.25, -0.2) is 4.68 Å². The van der Waals surface area contributed by atoms with E-state index in [9.17, 15) is 23.1 Å². The predicted molar refractivity (Wildman–Crippen MR) is 127 cm³/mol. The summed E-state index contributed by atoms with van der Waals surface area (Å²) in [5.41, 5.74) is -0.260. The molecule has 1 amide bonds. The molecule has 3 heterocycles. The number of aliphatic hydroxyl groups excluding tert-OH is 1. The molecule has 3 aromatic heterocycles. The van der Waals surface area contributed by atoms with E-state index >= 15 is 0 Å². The standard InChI is InChI=1S/C25H30F3N5O3/c1-7-17-21(22(35)31-11-16-9-8-14(2)10-30-16)32-33(24(4,5)6)23(17)36-19-13-29-12-18(15(3)34)20(19)25(26,27)28/h8-10,12-13,15,34H,7,11H2,1-6H3,(H,31,35). The molecular formula is C25H30F3N5O3. The van der Waals surface area contributed by atoms with Crippen LogP contribution in [0.5, 0.6) is 11.6 Å². The zero-order valence-corrected chi connectivity index (χ0v) is 21.1. The number of ether oxygens (including phenoxy) is 1. The molecule has 11 heteroatoms. The van der Waals surface area contributed by atoms with Crippen molar-refractivity contribution in [2.24, 2.45) is 0 Å². The van der Waals surface area contributed by atoms with Gasteiger partial charge in [-0.1, -0.05) is 13.0 Å². The molecule has 0 bridgehead atoms. The van der Waals surface area contributed by atoms with Crippen LogP contribution < -0.4 is 10.1 Å². The second kappa shape index (κ2) is 10.3. The van der Waals surface area contributed by atoms with E-state index in [0.29, 0.717) is 11.3 Å². The molecule has 0 aliphatic heterocycles. The highest BCUT2D eigenvalue weighted by Gasteiger charge is 2.40. The number of amides is 1. The van der Waals surface area contributed by atoms with Crippen molar-refractivity contribution in [3.8, 4) is 11.6 Å². The van der Waals surface area contributed by atoms with Gasteiger partial charge in [-0.05, 0) is 52.7 Å². The summed E-state index contributed by atoms with van der Waals surface area (Å²) in [5.74, 6) is -1.09. The number of nitrogens with zero attached hydrogens (tertiary/aromatic N) is 4. The van der Waals surface area contributed by atoms with E-state index < -0.39 is 40.6 Å². The molecule has 0 aliphatic rings. The first kappa shape index (κ1) is 27.1. The second-order valence-corrected chi connectivity index (χ2v) is 9.46. The van der Waals surface area contributed by atoms with Gasteiger partial charge in [0.05, 0.1) is 30.1 Å². The average Bonchev–Trinajstić information content (AvgIpc) is 3.16. The molecule has 194 valence electrons. The first-order valence-corrected chi connectivity index (χ1v) is 11.5. The molecule has 0 aromatic carbocycles. The lowest BCUT2D eigenvalue weighted by Crippen LogP contribution is -2.27. The number of hydrogen-bond acceptors (Lipinski definition) is 6. The Labute approximate surface area is 207 Å². The number of aryl methyl sites for hydroxylation is 1. The highest BCUT2D eigenvalue weighted by atomic mass is 19.4. The van der Waals surface area contributed by atoms with Crippen molar-refractivity contribution in [1.29, 1.82) is 0 Å². The molecule has 0 saturated carbocycles. The minimum atomic E-state index is -4.81. The highest BCUT2D eigenvalue weighted by molar-refractivity contribution is 5.94. The number of aromatic nitrogens is 4. The van der Waals surface area contributed by atoms with Crippen LogP contribution in [0, 0.1) is 6.92 Å². The Morgan fingerprint density at radius 1 is 1.19 bits per heavy atom. The van der Waals surface area contributed by atoms with Crippen LogP contribution in [0.1, 0.15) is 79.2 Å². The Hall–Kier alpha value is -3.47. The summed E-state index contributed by atoms with van der Waals surface area (Å²) in [5, 5.41) is 17.1. The van der Waals surface area contributed by atoms with E-state index in [1.165, 1.54) is 11.6 Å². The van der Waals surface area contributed by atoms with Crippen molar-refractivity contribution in [1.82, 2.24) is 25.1 Å². The lowest BCUT2D eigenvalue weighted by Gasteiger charge is -2.24. The van der Waals surface area contributed by atoms with Crippen LogP contribution in [0.4, 0.5) is 13.2 Å². The van der Waals surface area contributed by atoms with Crippen molar-refractivity contribution in [3.63, 3.8) is 0 Å². The number of carbonyl (C=O) groups is 1. The van der Waals surface area contributed by atoms with Crippen molar-refractivity contribution in [2.45, 2.75) is 72.3 Å². The third-order valence-electron chi connectivity index (χ3n) is 5.42. The third kappa shape index (κ3) is 5.84. The van der Waals surface area contributed by atoms with E-state index in [4.69, 9.17) is 4.74 Å². The highest BCUT2D eigenvalue weighted by Crippen LogP contribution is 2.43. The molecule has 3 aromatic rings. The molecule has 0 radical (unpaired) electrons. The molecule has 2 N–H and O–H groups in total. The minimum Gasteiger partial charge on any atom is -0.437 e. The smallest absolute Gasteiger partial charge is 0.420 e. The number of pyridine rings is 2. The second-order valence-electron chi connectivity index (χ2n) is 9.46. The van der Waals surface area contributed by atoms with Gasteiger partial charge in [0, 0.05) is 23.5 Å². The Bertz CT molecular complexity index is 1230. The van der Waals surface area contributed by atoms with Crippen LogP contribution in [0.15, 0.2) is 30.7 Å². The van der Waals surface area contributed by atoms with Crippen LogP contribution in [0.2, 0.25) is 0 Å². The maximum absolute atomic E-state index is 14.0. The zero-order valence-electron chi connectivity index (χ0n) is 21.1. The number of hydrogen-bond donors (Lipinski definition) is 2. The summed E-state index contributed by atoms with van der Waals surface area (Å²) >= 11 is 0. The first-order valence-electron chi connectivity index (χ1n) is 11.5. The van der Waals surface area contributed by atoms with Crippen LogP contribution in [-0.4, -0.2) is 30.8 Å². The van der Waals surface area contributed by atoms with Crippen molar-refractivity contribution < 1.29 is 27.8 Å². The lowest BCUT2D eigenvalue weighted by molar-refractivity contribution is -0.140. The van der Waals surface area contributed by atoms with Crippen LogP contribution >= 0.6 is 0 Å². The van der Waals surface area contributed by atoms with Gasteiger partial charge in [0.1, 0.15) is 5.56 Å². The van der Waals surface area contributed by atoms with Gasteiger partial charge in [-0.2, -0.15) is 18.3 Å². The molecule has 1 atom stereocenters. The van der Waals surface area contributed by atoms with Crippen LogP contribution in [0.3, 0.4) is 0 Å². The summed E-state index contributed by atoms with van der Waals surface area (Å²) in [6.45, 7) is 10.4. The Morgan fingerprint density at radius 3 is 2.42 bits per heavy atom. The lowest BCUT2D eigenvalue weighted by atomic mass is 10.0. The molecular weight excluding hydrogens is 475 g/mol. The van der Waals surface area contributed by atoms with E-state index in [2.05, 4.69) is 20.4 Å². The van der Waals surface area contributed by atoms with E-state index in [1.807, 2.05) is 13.0 Å². The molecule has 0 aliphatic carbocycles. The molecule has 1 unspecified atom stereocenters. The fourth-order valence-electron chi connectivity index (χ4n) is 3.61. The molecule has 0 saturated heterocycles. The number of alkyl halides is 3. The summed E-state index contributed by atoms with van der Waals surface area (Å²) in [6.07, 6.45) is -2.39. The van der Waals surface area contributed by atoms with Gasteiger partial charge >= 0.3 is 6.18 Å². The Balaban J connectivity index is 2.06. The number of nitrogens with one attached hydrogen (secondary N) is 1. The van der Waals surface area contributed by atoms with Crippen molar-refractivity contribution in [3.05, 3.63) is 64.4 Å². The normalized spacial score (nSPS) is 12.9. The quantitative estimate of drug-likeness (QED) is 0.464. The minimum absolute atomic E-state index is 0.00125. The Morgan fingerprint density at radius 2 is 1.89 bits per heavy atom. The number of rotatable bonds is 7. The number of carbonyl (C=O) groups excluding carboxylic acids is 1. The average molecular weight is 506 g/mol. The maximum atomic E-state index is 14.0. The van der Waals surface area contributed by atoms with Gasteiger partial charge in [0.15, 0.2) is 11.4 Å². The van der Waals surface area contributed by atoms with Gasteiger partial charge < -0.3 is 15.2 Å². The fourth-order valence-corrected chi connectivity index (χ4v) is 3.61. The van der Waals surface area contributed by atoms with Gasteiger partial charge in [-0.3, -0.25) is 14.8 Å². The van der Waals surface area contributed by atoms with E-state index in [1.54, 1.807) is 40.0 Å². The largest absolute Gasteiger partial charge is 0.437 e. The predicted octanol–water partition coefficient (Wildman–Crippen LogP) is 5.09. The van der Waals surface area contributed by atoms with Crippen LogP contribution in [-0.2, 0) is 24.7 Å². The van der Waals surface area contributed by atoms with Crippen molar-refractivity contribution in [2.75, 3.05) is 0 Å². The van der Waals surface area contributed by atoms with E-state index in [0.717, 1.165) is 18.0 Å². The monoisotopic (exact) mass is 505 g/mol. The Kier molecular flexibility index (Phi) is 7.73. The molecule has 3 rings (SSSR count). The number of aliphatic hydroxyl groups is 1. The van der Waals surface area contributed by atoms with Gasteiger partial charge in [-0.15, -0.1) is 0 Å². The first-order chi connectivity index (χ1) is 16.7. The van der Waals surface area contributed by atoms with E-state index in [-0.39, 0.29) is 24.5 Å². The van der Waals surface area contributed by atoms with Crippen molar-refractivity contribution >= 4 is 5.91 Å². The molecule has 0 spiro atoms. The summed E-state index contributed by atoms with van der Waals surface area (Å²) in [7, 11) is 0. The van der Waals surface area contributed by atoms with Gasteiger partial charge in [0.2, 0.25) is 5.88 Å². The topological polar surface area (TPSA) is 102 Å². The third-order valence-corrected chi connectivity index (χ3v) is 5.42. The summed E-state index contributed by atoms with van der Waals surface area (Å²) in [4.78, 5) is 21.2.